The van der Waals surface area contributed by atoms with E-state index in [-0.39, 0.29) is 12.0 Å². The molecule has 2 unspecified atom stereocenters. The van der Waals surface area contributed by atoms with E-state index in [2.05, 4.69) is 45.2 Å². The molecule has 0 aromatic heterocycles. The highest BCUT2D eigenvalue weighted by Gasteiger charge is 2.44. The van der Waals surface area contributed by atoms with E-state index in [1.807, 2.05) is 7.05 Å². The van der Waals surface area contributed by atoms with Gasteiger partial charge in [0.25, 0.3) is 5.97 Å². The van der Waals surface area contributed by atoms with Gasteiger partial charge in [0, 0.05) is 0 Å². The van der Waals surface area contributed by atoms with Crippen molar-refractivity contribution in [3.05, 3.63) is 0 Å². The van der Waals surface area contributed by atoms with Gasteiger partial charge in [-0.1, -0.05) is 41.0 Å². The van der Waals surface area contributed by atoms with Crippen molar-refractivity contribution in [1.82, 2.24) is 10.5 Å². The molecule has 20 heavy (non-hydrogen) atoms. The first kappa shape index (κ1) is 17.5. The molecule has 1 heterocycles. The Morgan fingerprint density at radius 2 is 1.90 bits per heavy atom. The van der Waals surface area contributed by atoms with Gasteiger partial charge in [0.05, 0.1) is 6.04 Å². The summed E-state index contributed by atoms with van der Waals surface area (Å²) in [6, 6.07) is -0.120. The predicted octanol–water partition coefficient (Wildman–Crippen LogP) is 2.79. The van der Waals surface area contributed by atoms with Gasteiger partial charge in [-0.3, -0.25) is 4.79 Å². The molecular formula is C15H32BN2O2-. The average molecular weight is 283 g/mol. The third kappa shape index (κ3) is 3.76. The highest BCUT2D eigenvalue weighted by Crippen LogP contribution is 2.36. The molecule has 118 valence electrons. The molecule has 1 rings (SSSR count). The van der Waals surface area contributed by atoms with Gasteiger partial charge in [-0.25, -0.2) is 0 Å². The summed E-state index contributed by atoms with van der Waals surface area (Å²) in [5.74, 6) is 1.26. The molecule has 0 saturated carbocycles. The molecule has 2 N–H and O–H groups in total. The van der Waals surface area contributed by atoms with Crippen LogP contribution in [-0.4, -0.2) is 32.1 Å². The zero-order chi connectivity index (χ0) is 15.3. The van der Waals surface area contributed by atoms with Gasteiger partial charge in [0.2, 0.25) is 6.48 Å². The third-order valence-corrected chi connectivity index (χ3v) is 4.97. The standard InChI is InChI=1S/C15H32BN2O2/c1-7-13(10-17-6)8-9-14-15(19)20-16(18-14,11(2)3)12(4)5/h11-14,17-18H,7-10H2,1-6H3/q-1. The van der Waals surface area contributed by atoms with Crippen molar-refractivity contribution >= 4 is 12.5 Å². The van der Waals surface area contributed by atoms with E-state index < -0.39 is 6.48 Å². The van der Waals surface area contributed by atoms with Gasteiger partial charge >= 0.3 is 0 Å². The molecule has 0 aliphatic carbocycles. The molecule has 1 aliphatic rings. The lowest BCUT2D eigenvalue weighted by Gasteiger charge is -2.43. The van der Waals surface area contributed by atoms with Crippen molar-refractivity contribution in [3.8, 4) is 0 Å². The van der Waals surface area contributed by atoms with Gasteiger partial charge < -0.3 is 15.2 Å². The van der Waals surface area contributed by atoms with Crippen LogP contribution in [0.3, 0.4) is 0 Å². The maximum atomic E-state index is 12.2. The van der Waals surface area contributed by atoms with Crippen molar-refractivity contribution in [2.75, 3.05) is 13.6 Å². The van der Waals surface area contributed by atoms with Gasteiger partial charge in [0.15, 0.2) is 0 Å². The number of carbonyl (C=O) groups excluding carboxylic acids is 1. The Balaban J connectivity index is 2.63. The van der Waals surface area contributed by atoms with Crippen molar-refractivity contribution in [1.29, 1.82) is 0 Å². The first-order valence-corrected chi connectivity index (χ1v) is 8.18. The minimum atomic E-state index is -1.23. The van der Waals surface area contributed by atoms with E-state index in [1.54, 1.807) is 0 Å². The second-order valence-corrected chi connectivity index (χ2v) is 6.97. The zero-order valence-electron chi connectivity index (χ0n) is 14.0. The van der Waals surface area contributed by atoms with E-state index >= 15 is 0 Å². The normalized spacial score (nSPS) is 23.4. The average Bonchev–Trinajstić information content (AvgIpc) is 2.73. The summed E-state index contributed by atoms with van der Waals surface area (Å²) < 4.78 is 5.81. The monoisotopic (exact) mass is 283 g/mol. The lowest BCUT2D eigenvalue weighted by atomic mass is 9.37. The molecule has 0 radical (unpaired) electrons. The van der Waals surface area contributed by atoms with E-state index in [9.17, 15) is 4.79 Å². The first-order chi connectivity index (χ1) is 9.37. The van der Waals surface area contributed by atoms with E-state index in [0.717, 1.165) is 25.8 Å². The smallest absolute Gasteiger partial charge is 0.273 e. The summed E-state index contributed by atoms with van der Waals surface area (Å²) in [5, 5.41) is 6.77. The number of hydrogen-bond acceptors (Lipinski definition) is 4. The first-order valence-electron chi connectivity index (χ1n) is 8.18. The number of nitrogens with one attached hydrogen (secondary N) is 2. The van der Waals surface area contributed by atoms with Gasteiger partial charge in [-0.2, -0.15) is 0 Å². The van der Waals surface area contributed by atoms with Crippen LogP contribution in [0.25, 0.3) is 0 Å². The maximum absolute atomic E-state index is 12.2. The van der Waals surface area contributed by atoms with Crippen molar-refractivity contribution in [2.24, 2.45) is 5.92 Å². The Kier molecular flexibility index (Phi) is 6.53. The van der Waals surface area contributed by atoms with Crippen molar-refractivity contribution < 1.29 is 9.45 Å². The Hall–Kier alpha value is -0.545. The van der Waals surface area contributed by atoms with Crippen LogP contribution in [0.15, 0.2) is 0 Å². The molecule has 0 bridgehead atoms. The maximum Gasteiger partial charge on any atom is 0.273 e. The Morgan fingerprint density at radius 1 is 1.30 bits per heavy atom. The van der Waals surface area contributed by atoms with Crippen LogP contribution in [0.4, 0.5) is 0 Å². The molecule has 5 heteroatoms. The van der Waals surface area contributed by atoms with Crippen LogP contribution < -0.4 is 10.5 Å². The molecule has 4 nitrogen and oxygen atoms in total. The van der Waals surface area contributed by atoms with Crippen LogP contribution in [-0.2, 0) is 9.45 Å². The summed E-state index contributed by atoms with van der Waals surface area (Å²) >= 11 is 0. The van der Waals surface area contributed by atoms with Crippen LogP contribution in [0.5, 0.6) is 0 Å². The summed E-state index contributed by atoms with van der Waals surface area (Å²) in [4.78, 5) is 12.2. The van der Waals surface area contributed by atoms with Crippen LogP contribution in [0.2, 0.25) is 11.6 Å². The molecule has 1 saturated heterocycles. The summed E-state index contributed by atoms with van der Waals surface area (Å²) in [7, 11) is 1.98. The van der Waals surface area contributed by atoms with E-state index in [0.29, 0.717) is 17.6 Å². The number of rotatable bonds is 8. The molecule has 1 fully saturated rings. The van der Waals surface area contributed by atoms with Crippen LogP contribution in [0, 0.1) is 5.92 Å². The predicted molar refractivity (Wildman–Crippen MR) is 85.9 cm³/mol. The molecule has 0 aromatic carbocycles. The largest absolute Gasteiger partial charge is 0.673 e. The molecule has 0 aromatic rings. The Labute approximate surface area is 124 Å². The second-order valence-electron chi connectivity index (χ2n) is 6.97. The summed E-state index contributed by atoms with van der Waals surface area (Å²) in [6.07, 6.45) is 3.08. The van der Waals surface area contributed by atoms with Gasteiger partial charge in [0.1, 0.15) is 0 Å². The van der Waals surface area contributed by atoms with Crippen molar-refractivity contribution in [3.63, 3.8) is 0 Å². The second kappa shape index (κ2) is 7.46. The molecule has 0 amide bonds. The number of hydrogen-bond donors (Lipinski definition) is 2. The number of carbonyl (C=O) groups is 1. The SMILES string of the molecule is CCC(CCC1N[B-](C(C)C)(C(C)C)OC1=O)CNC. The van der Waals surface area contributed by atoms with Crippen LogP contribution >= 0.6 is 0 Å². The Morgan fingerprint density at radius 3 is 2.30 bits per heavy atom. The highest BCUT2D eigenvalue weighted by molar-refractivity contribution is 6.77. The molecule has 0 spiro atoms. The third-order valence-electron chi connectivity index (χ3n) is 4.97. The van der Waals surface area contributed by atoms with Gasteiger partial charge in [-0.05, 0) is 32.4 Å². The molecule has 1 aliphatic heterocycles. The zero-order valence-corrected chi connectivity index (χ0v) is 14.0. The molecule has 2 atom stereocenters. The van der Waals surface area contributed by atoms with Crippen LogP contribution in [0.1, 0.15) is 53.9 Å². The minimum Gasteiger partial charge on any atom is -0.673 e. The molecular weight excluding hydrogens is 251 g/mol. The summed E-state index contributed by atoms with van der Waals surface area (Å²) in [5.41, 5.74) is 0. The van der Waals surface area contributed by atoms with E-state index in [4.69, 9.17) is 4.65 Å². The Bertz CT molecular complexity index is 313. The fourth-order valence-corrected chi connectivity index (χ4v) is 3.46. The fourth-order valence-electron chi connectivity index (χ4n) is 3.46. The van der Waals surface area contributed by atoms with Crippen molar-refractivity contribution in [2.45, 2.75) is 71.6 Å². The summed E-state index contributed by atoms with van der Waals surface area (Å²) in [6.45, 7) is 10.5. The quantitative estimate of drug-likeness (QED) is 0.673. The lowest BCUT2D eigenvalue weighted by Crippen LogP contribution is -2.54. The topological polar surface area (TPSA) is 50.4 Å². The van der Waals surface area contributed by atoms with Gasteiger partial charge in [-0.15, -0.1) is 11.6 Å². The van der Waals surface area contributed by atoms with E-state index in [1.165, 1.54) is 0 Å². The lowest BCUT2D eigenvalue weighted by molar-refractivity contribution is -0.134. The highest BCUT2D eigenvalue weighted by atomic mass is 16.5. The fraction of sp³-hybridized carbons (Fsp3) is 0.933. The minimum absolute atomic E-state index is 0.0493.